The second kappa shape index (κ2) is 9.63. The number of carbonyl (C=O) groups is 1. The summed E-state index contributed by atoms with van der Waals surface area (Å²) in [5, 5.41) is 2.55. The average molecular weight is 297 g/mol. The van der Waals surface area contributed by atoms with E-state index in [9.17, 15) is 9.18 Å². The largest absolute Gasteiger partial charge is 0.492 e. The number of amides is 1. The first kappa shape index (κ1) is 16.8. The fourth-order valence-electron chi connectivity index (χ4n) is 1.37. The van der Waals surface area contributed by atoms with Gasteiger partial charge in [-0.05, 0) is 38.1 Å². The smallest absolute Gasteiger partial charge is 0.407 e. The van der Waals surface area contributed by atoms with Crippen LogP contribution in [0, 0.1) is 0 Å². The predicted molar refractivity (Wildman–Crippen MR) is 77.3 cm³/mol. The molecule has 1 aromatic rings. The van der Waals surface area contributed by atoms with Crippen molar-refractivity contribution < 1.29 is 23.4 Å². The zero-order valence-electron chi connectivity index (χ0n) is 12.2. The summed E-state index contributed by atoms with van der Waals surface area (Å²) in [6.07, 6.45) is 0.893. The van der Waals surface area contributed by atoms with Gasteiger partial charge in [0.05, 0.1) is 13.2 Å². The van der Waals surface area contributed by atoms with E-state index in [2.05, 4.69) is 5.32 Å². The van der Waals surface area contributed by atoms with Crippen LogP contribution in [-0.4, -0.2) is 32.5 Å². The summed E-state index contributed by atoms with van der Waals surface area (Å²) in [5.41, 5.74) is 0. The van der Waals surface area contributed by atoms with Gasteiger partial charge >= 0.3 is 6.09 Å². The molecule has 0 spiro atoms. The SMILES string of the molecule is CC=C(F)COc1ccc(OCCNC(=O)OCC)cc1. The molecule has 6 heteroatoms. The highest BCUT2D eigenvalue weighted by Crippen LogP contribution is 2.18. The number of hydrogen-bond donors (Lipinski definition) is 1. The molecule has 0 bridgehead atoms. The van der Waals surface area contributed by atoms with E-state index in [1.165, 1.54) is 6.08 Å². The van der Waals surface area contributed by atoms with Crippen molar-refractivity contribution in [3.05, 3.63) is 36.2 Å². The third-order valence-electron chi connectivity index (χ3n) is 2.43. The molecule has 0 radical (unpaired) electrons. The molecule has 1 amide bonds. The first-order valence-electron chi connectivity index (χ1n) is 6.72. The van der Waals surface area contributed by atoms with E-state index in [0.717, 1.165) is 0 Å². The molecule has 5 nitrogen and oxygen atoms in total. The molecule has 1 rings (SSSR count). The molecule has 0 unspecified atom stereocenters. The maximum Gasteiger partial charge on any atom is 0.407 e. The van der Waals surface area contributed by atoms with Crippen molar-refractivity contribution >= 4 is 6.09 Å². The molecule has 0 aromatic heterocycles. The number of ether oxygens (including phenoxy) is 3. The van der Waals surface area contributed by atoms with E-state index >= 15 is 0 Å². The summed E-state index contributed by atoms with van der Waals surface area (Å²) in [7, 11) is 0. The van der Waals surface area contributed by atoms with Crippen LogP contribution in [0.15, 0.2) is 36.2 Å². The molecule has 0 fully saturated rings. The van der Waals surface area contributed by atoms with Crippen LogP contribution < -0.4 is 14.8 Å². The fourth-order valence-corrected chi connectivity index (χ4v) is 1.37. The third-order valence-corrected chi connectivity index (χ3v) is 2.43. The number of allylic oxidation sites excluding steroid dienone is 1. The Balaban J connectivity index is 2.26. The topological polar surface area (TPSA) is 56.8 Å². The lowest BCUT2D eigenvalue weighted by Gasteiger charge is -2.09. The summed E-state index contributed by atoms with van der Waals surface area (Å²) >= 11 is 0. The minimum atomic E-state index is -0.462. The van der Waals surface area contributed by atoms with Crippen LogP contribution in [-0.2, 0) is 4.74 Å². The van der Waals surface area contributed by atoms with Gasteiger partial charge in [-0.15, -0.1) is 0 Å². The molecular formula is C15H20FNO4. The molecule has 0 aliphatic carbocycles. The van der Waals surface area contributed by atoms with E-state index in [0.29, 0.717) is 31.3 Å². The highest BCUT2D eigenvalue weighted by atomic mass is 19.1. The lowest BCUT2D eigenvalue weighted by atomic mass is 10.3. The van der Waals surface area contributed by atoms with Crippen molar-refractivity contribution in [2.24, 2.45) is 0 Å². The van der Waals surface area contributed by atoms with E-state index in [1.807, 2.05) is 0 Å². The van der Waals surface area contributed by atoms with Gasteiger partial charge in [-0.25, -0.2) is 9.18 Å². The standard InChI is InChI=1S/C15H20FNO4/c1-3-12(16)11-21-14-7-5-13(6-8-14)20-10-9-17-15(18)19-4-2/h3,5-8H,4,9-11H2,1-2H3,(H,17,18). The average Bonchev–Trinajstić information content (AvgIpc) is 2.50. The van der Waals surface area contributed by atoms with Gasteiger partial charge in [0.1, 0.15) is 30.5 Å². The Kier molecular flexibility index (Phi) is 7.71. The second-order valence-electron chi connectivity index (χ2n) is 3.99. The molecule has 0 aliphatic heterocycles. The van der Waals surface area contributed by atoms with Crippen LogP contribution in [0.3, 0.4) is 0 Å². The van der Waals surface area contributed by atoms with Crippen LogP contribution in [0.4, 0.5) is 9.18 Å². The van der Waals surface area contributed by atoms with Crippen molar-refractivity contribution in [1.82, 2.24) is 5.32 Å². The molecule has 0 saturated carbocycles. The quantitative estimate of drug-likeness (QED) is 0.749. The van der Waals surface area contributed by atoms with Gasteiger partial charge in [0, 0.05) is 0 Å². The highest BCUT2D eigenvalue weighted by molar-refractivity contribution is 5.66. The number of alkyl carbamates (subject to hydrolysis) is 1. The van der Waals surface area contributed by atoms with Crippen molar-refractivity contribution in [3.8, 4) is 11.5 Å². The van der Waals surface area contributed by atoms with Crippen LogP contribution in [0.1, 0.15) is 13.8 Å². The number of rotatable bonds is 8. The Morgan fingerprint density at radius 1 is 1.24 bits per heavy atom. The highest BCUT2D eigenvalue weighted by Gasteiger charge is 2.00. The zero-order valence-corrected chi connectivity index (χ0v) is 12.2. The zero-order chi connectivity index (χ0) is 15.5. The molecule has 0 heterocycles. The summed E-state index contributed by atoms with van der Waals surface area (Å²) in [6, 6.07) is 6.81. The minimum absolute atomic E-state index is 0.0832. The van der Waals surface area contributed by atoms with E-state index in [-0.39, 0.29) is 12.4 Å². The Morgan fingerprint density at radius 3 is 2.43 bits per heavy atom. The van der Waals surface area contributed by atoms with Crippen molar-refractivity contribution in [2.75, 3.05) is 26.4 Å². The first-order valence-corrected chi connectivity index (χ1v) is 6.72. The predicted octanol–water partition coefficient (Wildman–Crippen LogP) is 3.06. The minimum Gasteiger partial charge on any atom is -0.492 e. The third kappa shape index (κ3) is 7.20. The molecular weight excluding hydrogens is 277 g/mol. The van der Waals surface area contributed by atoms with Crippen molar-refractivity contribution in [1.29, 1.82) is 0 Å². The molecule has 116 valence electrons. The van der Waals surface area contributed by atoms with E-state index in [1.54, 1.807) is 38.1 Å². The van der Waals surface area contributed by atoms with Gasteiger partial charge < -0.3 is 19.5 Å². The Hall–Kier alpha value is -2.24. The summed E-state index contributed by atoms with van der Waals surface area (Å²) in [5.74, 6) is 0.879. The van der Waals surface area contributed by atoms with Gasteiger partial charge in [-0.2, -0.15) is 0 Å². The Labute approximate surface area is 123 Å². The van der Waals surface area contributed by atoms with Crippen LogP contribution >= 0.6 is 0 Å². The fraction of sp³-hybridized carbons (Fsp3) is 0.400. The normalized spacial score (nSPS) is 10.9. The molecule has 0 saturated heterocycles. The number of hydrogen-bond acceptors (Lipinski definition) is 4. The maximum atomic E-state index is 12.9. The first-order chi connectivity index (χ1) is 10.2. The number of nitrogens with one attached hydrogen (secondary N) is 1. The number of halogens is 1. The Morgan fingerprint density at radius 2 is 1.86 bits per heavy atom. The summed E-state index contributed by atoms with van der Waals surface area (Å²) in [4.78, 5) is 11.0. The van der Waals surface area contributed by atoms with Gasteiger partial charge in [-0.1, -0.05) is 6.08 Å². The molecule has 1 aromatic carbocycles. The second-order valence-corrected chi connectivity index (χ2v) is 3.99. The Bertz CT molecular complexity index is 459. The van der Waals surface area contributed by atoms with Gasteiger partial charge in [-0.3, -0.25) is 0 Å². The maximum absolute atomic E-state index is 12.9. The lowest BCUT2D eigenvalue weighted by Crippen LogP contribution is -2.28. The van der Waals surface area contributed by atoms with Crippen molar-refractivity contribution in [3.63, 3.8) is 0 Å². The molecule has 0 aliphatic rings. The van der Waals surface area contributed by atoms with Crippen LogP contribution in [0.2, 0.25) is 0 Å². The van der Waals surface area contributed by atoms with Gasteiger partial charge in [0.15, 0.2) is 0 Å². The monoisotopic (exact) mass is 297 g/mol. The van der Waals surface area contributed by atoms with Gasteiger partial charge in [0.25, 0.3) is 0 Å². The van der Waals surface area contributed by atoms with E-state index in [4.69, 9.17) is 14.2 Å². The van der Waals surface area contributed by atoms with Gasteiger partial charge in [0.2, 0.25) is 0 Å². The lowest BCUT2D eigenvalue weighted by molar-refractivity contribution is 0.150. The van der Waals surface area contributed by atoms with Crippen molar-refractivity contribution in [2.45, 2.75) is 13.8 Å². The molecule has 0 atom stereocenters. The van der Waals surface area contributed by atoms with E-state index < -0.39 is 6.09 Å². The molecule has 21 heavy (non-hydrogen) atoms. The molecule has 1 N–H and O–H groups in total. The number of benzene rings is 1. The summed E-state index contributed by atoms with van der Waals surface area (Å²) in [6.45, 7) is 4.28. The van der Waals surface area contributed by atoms with Crippen LogP contribution in [0.25, 0.3) is 0 Å². The van der Waals surface area contributed by atoms with Crippen LogP contribution in [0.5, 0.6) is 11.5 Å². The summed E-state index contributed by atoms with van der Waals surface area (Å²) < 4.78 is 28.2. The number of carbonyl (C=O) groups excluding carboxylic acids is 1.